The van der Waals surface area contributed by atoms with Crippen molar-refractivity contribution in [2.45, 2.75) is 13.8 Å². The van der Waals surface area contributed by atoms with Crippen LogP contribution in [0.2, 0.25) is 0 Å². The Balaban J connectivity index is 1.76. The highest BCUT2D eigenvalue weighted by atomic mass is 16.6. The number of fused-ring (bicyclic) bond motifs is 1. The molecule has 0 aliphatic carbocycles. The summed E-state index contributed by atoms with van der Waals surface area (Å²) in [6.45, 7) is 3.41. The topological polar surface area (TPSA) is 101 Å². The lowest BCUT2D eigenvalue weighted by Gasteiger charge is -2.28. The van der Waals surface area contributed by atoms with Crippen LogP contribution in [0.3, 0.4) is 0 Å². The quantitative estimate of drug-likeness (QED) is 0.345. The molecule has 1 aliphatic rings. The molecule has 0 unspecified atom stereocenters. The molecule has 0 atom stereocenters. The predicted octanol–water partition coefficient (Wildman–Crippen LogP) is 4.11. The Morgan fingerprint density at radius 3 is 2.19 bits per heavy atom. The predicted molar refractivity (Wildman–Crippen MR) is 118 cm³/mol. The van der Waals surface area contributed by atoms with Gasteiger partial charge >= 0.3 is 0 Å². The first kappa shape index (κ1) is 20.9. The van der Waals surface area contributed by atoms with Gasteiger partial charge in [-0.2, -0.15) is 0 Å². The number of benzene rings is 3. The standard InChI is InChI=1S/C24H19N3O5/c1-15-10-11-21(16(2)12-15)25(22(28)17-6-5-7-18(13-17)27(31)32)14-26-23(29)19-8-3-4-9-20(19)24(26)30/h3-13H,14H2,1-2H3. The van der Waals surface area contributed by atoms with Gasteiger partial charge in [0.1, 0.15) is 6.67 Å². The highest BCUT2D eigenvalue weighted by molar-refractivity contribution is 6.22. The van der Waals surface area contributed by atoms with E-state index >= 15 is 0 Å². The monoisotopic (exact) mass is 429 g/mol. The van der Waals surface area contributed by atoms with Gasteiger partial charge in [-0.15, -0.1) is 0 Å². The Bertz CT molecular complexity index is 1250. The first-order valence-electron chi connectivity index (χ1n) is 9.86. The van der Waals surface area contributed by atoms with Gasteiger partial charge in [-0.05, 0) is 43.7 Å². The summed E-state index contributed by atoms with van der Waals surface area (Å²) in [4.78, 5) is 52.2. The zero-order valence-electron chi connectivity index (χ0n) is 17.4. The molecule has 8 nitrogen and oxygen atoms in total. The Hall–Kier alpha value is -4.33. The highest BCUT2D eigenvalue weighted by Crippen LogP contribution is 2.28. The summed E-state index contributed by atoms with van der Waals surface area (Å²) in [5.74, 6) is -1.54. The van der Waals surface area contributed by atoms with Crippen LogP contribution in [0.5, 0.6) is 0 Å². The third kappa shape index (κ3) is 3.62. The van der Waals surface area contributed by atoms with Gasteiger partial charge in [0.15, 0.2) is 0 Å². The second-order valence-corrected chi connectivity index (χ2v) is 7.56. The molecule has 3 aromatic rings. The molecular formula is C24H19N3O5. The van der Waals surface area contributed by atoms with E-state index < -0.39 is 22.6 Å². The van der Waals surface area contributed by atoms with Crippen LogP contribution in [-0.4, -0.2) is 34.2 Å². The van der Waals surface area contributed by atoms with E-state index in [1.165, 1.54) is 29.2 Å². The van der Waals surface area contributed by atoms with Crippen LogP contribution in [0.25, 0.3) is 0 Å². The van der Waals surface area contributed by atoms with Gasteiger partial charge in [0, 0.05) is 23.4 Å². The molecule has 0 N–H and O–H groups in total. The lowest BCUT2D eigenvalue weighted by atomic mass is 10.1. The fourth-order valence-electron chi connectivity index (χ4n) is 3.78. The number of nitro benzene ring substituents is 1. The van der Waals surface area contributed by atoms with Crippen LogP contribution in [0.4, 0.5) is 11.4 Å². The number of nitro groups is 1. The van der Waals surface area contributed by atoms with Gasteiger partial charge in [0.05, 0.1) is 16.1 Å². The molecule has 1 aliphatic heterocycles. The average molecular weight is 429 g/mol. The van der Waals surface area contributed by atoms with Crippen LogP contribution in [0.1, 0.15) is 42.2 Å². The molecule has 0 spiro atoms. The first-order valence-corrected chi connectivity index (χ1v) is 9.86. The van der Waals surface area contributed by atoms with Crippen molar-refractivity contribution < 1.29 is 19.3 Å². The van der Waals surface area contributed by atoms with Crippen LogP contribution in [-0.2, 0) is 0 Å². The molecule has 3 amide bonds. The van der Waals surface area contributed by atoms with Crippen molar-refractivity contribution in [3.05, 3.63) is 105 Å². The Labute approximate surface area is 183 Å². The molecular weight excluding hydrogens is 410 g/mol. The maximum absolute atomic E-state index is 13.5. The number of hydrogen-bond acceptors (Lipinski definition) is 5. The van der Waals surface area contributed by atoms with E-state index in [1.54, 1.807) is 30.3 Å². The highest BCUT2D eigenvalue weighted by Gasteiger charge is 2.37. The Morgan fingerprint density at radius 2 is 1.59 bits per heavy atom. The molecule has 3 aromatic carbocycles. The zero-order chi connectivity index (χ0) is 23.0. The van der Waals surface area contributed by atoms with Crippen molar-refractivity contribution in [1.29, 1.82) is 0 Å². The lowest BCUT2D eigenvalue weighted by Crippen LogP contribution is -2.44. The number of rotatable bonds is 5. The minimum Gasteiger partial charge on any atom is -0.289 e. The normalized spacial score (nSPS) is 12.6. The summed E-state index contributed by atoms with van der Waals surface area (Å²) in [7, 11) is 0. The minimum atomic E-state index is -0.581. The zero-order valence-corrected chi connectivity index (χ0v) is 17.4. The maximum Gasteiger partial charge on any atom is 0.270 e. The summed E-state index contributed by atoms with van der Waals surface area (Å²) >= 11 is 0. The van der Waals surface area contributed by atoms with Crippen molar-refractivity contribution in [3.8, 4) is 0 Å². The summed E-state index contributed by atoms with van der Waals surface area (Å²) < 4.78 is 0. The molecule has 1 heterocycles. The van der Waals surface area contributed by atoms with Gasteiger partial charge in [-0.1, -0.05) is 35.9 Å². The third-order valence-corrected chi connectivity index (χ3v) is 5.35. The number of aryl methyl sites for hydroxylation is 2. The number of amides is 3. The smallest absolute Gasteiger partial charge is 0.270 e. The van der Waals surface area contributed by atoms with E-state index in [0.29, 0.717) is 5.69 Å². The largest absolute Gasteiger partial charge is 0.289 e. The number of imide groups is 1. The van der Waals surface area contributed by atoms with E-state index in [0.717, 1.165) is 16.0 Å². The second kappa shape index (κ2) is 8.07. The van der Waals surface area contributed by atoms with Gasteiger partial charge in [-0.3, -0.25) is 34.3 Å². The molecule has 0 radical (unpaired) electrons. The van der Waals surface area contributed by atoms with E-state index in [9.17, 15) is 24.5 Å². The number of nitrogens with zero attached hydrogens (tertiary/aromatic N) is 3. The summed E-state index contributed by atoms with van der Waals surface area (Å²) in [6, 6.07) is 17.3. The van der Waals surface area contributed by atoms with E-state index in [4.69, 9.17) is 0 Å². The lowest BCUT2D eigenvalue weighted by molar-refractivity contribution is -0.384. The fraction of sp³-hybridized carbons (Fsp3) is 0.125. The van der Waals surface area contributed by atoms with E-state index in [1.807, 2.05) is 26.0 Å². The van der Waals surface area contributed by atoms with E-state index in [2.05, 4.69) is 0 Å². The summed E-state index contributed by atoms with van der Waals surface area (Å²) in [5.41, 5.74) is 2.66. The molecule has 4 rings (SSSR count). The van der Waals surface area contributed by atoms with Gasteiger partial charge in [-0.25, -0.2) is 0 Å². The third-order valence-electron chi connectivity index (χ3n) is 5.35. The number of carbonyl (C=O) groups is 3. The summed E-state index contributed by atoms with van der Waals surface area (Å²) in [5, 5.41) is 11.2. The van der Waals surface area contributed by atoms with Gasteiger partial charge in [0.25, 0.3) is 23.4 Å². The maximum atomic E-state index is 13.5. The molecule has 160 valence electrons. The first-order chi connectivity index (χ1) is 15.3. The van der Waals surface area contributed by atoms with Crippen LogP contribution < -0.4 is 4.90 Å². The van der Waals surface area contributed by atoms with Crippen LogP contribution in [0.15, 0.2) is 66.7 Å². The van der Waals surface area contributed by atoms with Crippen molar-refractivity contribution in [2.24, 2.45) is 0 Å². The number of anilines is 1. The molecule has 32 heavy (non-hydrogen) atoms. The second-order valence-electron chi connectivity index (χ2n) is 7.56. The van der Waals surface area contributed by atoms with E-state index in [-0.39, 0.29) is 29.0 Å². The van der Waals surface area contributed by atoms with Gasteiger partial charge in [0.2, 0.25) is 0 Å². The number of hydrogen-bond donors (Lipinski definition) is 0. The van der Waals surface area contributed by atoms with Crippen molar-refractivity contribution in [2.75, 3.05) is 11.6 Å². The van der Waals surface area contributed by atoms with Crippen molar-refractivity contribution >= 4 is 29.1 Å². The van der Waals surface area contributed by atoms with Crippen LogP contribution in [0, 0.1) is 24.0 Å². The molecule has 0 saturated carbocycles. The Kier molecular flexibility index (Phi) is 5.28. The molecule has 0 bridgehead atoms. The fourth-order valence-corrected chi connectivity index (χ4v) is 3.78. The molecule has 0 fully saturated rings. The molecule has 0 saturated heterocycles. The van der Waals surface area contributed by atoms with Crippen molar-refractivity contribution in [3.63, 3.8) is 0 Å². The minimum absolute atomic E-state index is 0.0794. The van der Waals surface area contributed by atoms with Crippen molar-refractivity contribution in [1.82, 2.24) is 4.90 Å². The Morgan fingerprint density at radius 1 is 0.938 bits per heavy atom. The average Bonchev–Trinajstić information content (AvgIpc) is 3.02. The molecule has 0 aromatic heterocycles. The SMILES string of the molecule is Cc1ccc(N(CN2C(=O)c3ccccc3C2=O)C(=O)c2cccc([N+](=O)[O-])c2)c(C)c1. The van der Waals surface area contributed by atoms with Crippen LogP contribution >= 0.6 is 0 Å². The molecule has 8 heteroatoms. The number of non-ortho nitro benzene ring substituents is 1. The van der Waals surface area contributed by atoms with Gasteiger partial charge < -0.3 is 0 Å². The summed E-state index contributed by atoms with van der Waals surface area (Å²) in [6.07, 6.45) is 0. The number of carbonyl (C=O) groups excluding carboxylic acids is 3.